The normalized spacial score (nSPS) is 19.2. The second-order valence-electron chi connectivity index (χ2n) is 6.79. The van der Waals surface area contributed by atoms with E-state index < -0.39 is 14.6 Å². The van der Waals surface area contributed by atoms with Gasteiger partial charge in [0.2, 0.25) is 0 Å². The largest absolute Gasteiger partial charge is 0.357 e. The topological polar surface area (TPSA) is 74.7 Å². The lowest BCUT2D eigenvalue weighted by Gasteiger charge is -2.39. The van der Waals surface area contributed by atoms with Crippen LogP contribution < -0.4 is 5.32 Å². The Morgan fingerprint density at radius 2 is 2.12 bits per heavy atom. The molecule has 1 aromatic heterocycles. The molecule has 1 saturated heterocycles. The Balaban J connectivity index is 0.00000312. The summed E-state index contributed by atoms with van der Waals surface area (Å²) in [5.74, 6) is 0.965. The second-order valence-corrected chi connectivity index (χ2v) is 9.54. The monoisotopic (exact) mass is 480 g/mol. The number of aromatic nitrogens is 1. The Morgan fingerprint density at radius 3 is 2.68 bits per heavy atom. The SMILES string of the molecule is CCNC(=NCCc1ccc(C)nc1)N1CCS(=O)(=O)C(C)(C)C1.I. The molecule has 1 aromatic rings. The quantitative estimate of drug-likeness (QED) is 0.406. The number of aryl methyl sites for hydroxylation is 1. The van der Waals surface area contributed by atoms with Crippen LogP contribution in [0.1, 0.15) is 32.0 Å². The van der Waals surface area contributed by atoms with Crippen LogP contribution in [0.25, 0.3) is 0 Å². The molecule has 1 aliphatic rings. The number of pyridine rings is 1. The van der Waals surface area contributed by atoms with Crippen molar-refractivity contribution in [2.75, 3.05) is 31.9 Å². The molecule has 0 aliphatic carbocycles. The minimum absolute atomic E-state index is 0. The summed E-state index contributed by atoms with van der Waals surface area (Å²) in [5.41, 5.74) is 2.16. The van der Waals surface area contributed by atoms with Crippen LogP contribution in [0.5, 0.6) is 0 Å². The van der Waals surface area contributed by atoms with E-state index in [0.29, 0.717) is 19.6 Å². The molecular weight excluding hydrogens is 451 g/mol. The van der Waals surface area contributed by atoms with Gasteiger partial charge in [-0.25, -0.2) is 8.42 Å². The van der Waals surface area contributed by atoms with Crippen molar-refractivity contribution in [1.82, 2.24) is 15.2 Å². The van der Waals surface area contributed by atoms with Crippen molar-refractivity contribution < 1.29 is 8.42 Å². The Kier molecular flexibility index (Phi) is 8.11. The van der Waals surface area contributed by atoms with Crippen molar-refractivity contribution in [1.29, 1.82) is 0 Å². The molecule has 0 atom stereocenters. The van der Waals surface area contributed by atoms with Crippen LogP contribution in [0, 0.1) is 6.92 Å². The van der Waals surface area contributed by atoms with Gasteiger partial charge < -0.3 is 10.2 Å². The van der Waals surface area contributed by atoms with Gasteiger partial charge in [-0.3, -0.25) is 9.98 Å². The summed E-state index contributed by atoms with van der Waals surface area (Å²) >= 11 is 0. The van der Waals surface area contributed by atoms with Gasteiger partial charge in [0.05, 0.1) is 10.5 Å². The molecule has 0 saturated carbocycles. The highest BCUT2D eigenvalue weighted by atomic mass is 127. The molecule has 0 bridgehead atoms. The third kappa shape index (κ3) is 5.80. The van der Waals surface area contributed by atoms with E-state index in [1.165, 1.54) is 0 Å². The summed E-state index contributed by atoms with van der Waals surface area (Å²) in [6.07, 6.45) is 2.70. The molecule has 0 spiro atoms. The number of sulfone groups is 1. The molecule has 0 radical (unpaired) electrons. The van der Waals surface area contributed by atoms with Gasteiger partial charge in [0.1, 0.15) is 0 Å². The highest BCUT2D eigenvalue weighted by molar-refractivity contribution is 14.0. The van der Waals surface area contributed by atoms with Crippen molar-refractivity contribution in [3.8, 4) is 0 Å². The van der Waals surface area contributed by atoms with Crippen LogP contribution >= 0.6 is 24.0 Å². The number of aliphatic imine (C=N–C) groups is 1. The van der Waals surface area contributed by atoms with Crippen LogP contribution in [-0.2, 0) is 16.3 Å². The Hall–Kier alpha value is -0.900. The Bertz CT molecular complexity index is 687. The fraction of sp³-hybridized carbons (Fsp3) is 0.647. The Labute approximate surface area is 168 Å². The van der Waals surface area contributed by atoms with E-state index >= 15 is 0 Å². The minimum Gasteiger partial charge on any atom is -0.357 e. The summed E-state index contributed by atoms with van der Waals surface area (Å²) in [4.78, 5) is 11.0. The lowest BCUT2D eigenvalue weighted by atomic mass is 10.2. The summed E-state index contributed by atoms with van der Waals surface area (Å²) < 4.78 is 23.6. The molecular formula is C17H29IN4O2S. The van der Waals surface area contributed by atoms with Crippen LogP contribution in [-0.4, -0.2) is 60.9 Å². The highest BCUT2D eigenvalue weighted by Gasteiger charge is 2.40. The van der Waals surface area contributed by atoms with E-state index in [-0.39, 0.29) is 29.7 Å². The van der Waals surface area contributed by atoms with Gasteiger partial charge >= 0.3 is 0 Å². The van der Waals surface area contributed by atoms with Gasteiger partial charge in [0.15, 0.2) is 15.8 Å². The van der Waals surface area contributed by atoms with Crippen molar-refractivity contribution in [2.24, 2.45) is 4.99 Å². The van der Waals surface area contributed by atoms with E-state index in [4.69, 9.17) is 0 Å². The maximum absolute atomic E-state index is 12.2. The molecule has 1 N–H and O–H groups in total. The molecule has 2 heterocycles. The van der Waals surface area contributed by atoms with Crippen LogP contribution in [0.4, 0.5) is 0 Å². The lowest BCUT2D eigenvalue weighted by molar-refractivity contribution is 0.353. The summed E-state index contributed by atoms with van der Waals surface area (Å²) in [6, 6.07) is 4.07. The number of halogens is 1. The maximum Gasteiger partial charge on any atom is 0.194 e. The number of hydrogen-bond donors (Lipinski definition) is 1. The number of hydrogen-bond acceptors (Lipinski definition) is 4. The van der Waals surface area contributed by atoms with E-state index in [0.717, 1.165) is 30.2 Å². The first-order chi connectivity index (χ1) is 11.2. The van der Waals surface area contributed by atoms with Crippen molar-refractivity contribution >= 4 is 39.8 Å². The average molecular weight is 480 g/mol. The summed E-state index contributed by atoms with van der Waals surface area (Å²) in [5, 5.41) is 3.28. The Morgan fingerprint density at radius 1 is 1.40 bits per heavy atom. The molecule has 8 heteroatoms. The highest BCUT2D eigenvalue weighted by Crippen LogP contribution is 2.23. The van der Waals surface area contributed by atoms with E-state index in [2.05, 4.69) is 26.3 Å². The second kappa shape index (κ2) is 9.16. The zero-order chi connectivity index (χ0) is 17.8. The van der Waals surface area contributed by atoms with Gasteiger partial charge in [-0.15, -0.1) is 24.0 Å². The van der Waals surface area contributed by atoms with Crippen molar-refractivity contribution in [3.05, 3.63) is 29.6 Å². The van der Waals surface area contributed by atoms with Crippen LogP contribution in [0.15, 0.2) is 23.3 Å². The molecule has 6 nitrogen and oxygen atoms in total. The number of nitrogens with one attached hydrogen (secondary N) is 1. The fourth-order valence-corrected chi connectivity index (χ4v) is 4.05. The third-order valence-electron chi connectivity index (χ3n) is 4.31. The van der Waals surface area contributed by atoms with Crippen LogP contribution in [0.2, 0.25) is 0 Å². The number of nitrogens with zero attached hydrogens (tertiary/aromatic N) is 3. The van der Waals surface area contributed by atoms with Gasteiger partial charge in [-0.2, -0.15) is 0 Å². The van der Waals surface area contributed by atoms with Crippen molar-refractivity contribution in [3.63, 3.8) is 0 Å². The van der Waals surface area contributed by atoms with E-state index in [1.807, 2.05) is 26.1 Å². The smallest absolute Gasteiger partial charge is 0.194 e. The first-order valence-electron chi connectivity index (χ1n) is 8.42. The zero-order valence-electron chi connectivity index (χ0n) is 15.4. The van der Waals surface area contributed by atoms with Crippen molar-refractivity contribution in [2.45, 2.75) is 38.9 Å². The fourth-order valence-electron chi connectivity index (χ4n) is 2.69. The minimum atomic E-state index is -3.04. The molecule has 1 aliphatic heterocycles. The lowest BCUT2D eigenvalue weighted by Crippen LogP contribution is -2.57. The predicted octanol–water partition coefficient (Wildman–Crippen LogP) is 2.03. The first kappa shape index (κ1) is 22.1. The molecule has 0 amide bonds. The summed E-state index contributed by atoms with van der Waals surface area (Å²) in [7, 11) is -3.04. The molecule has 25 heavy (non-hydrogen) atoms. The summed E-state index contributed by atoms with van der Waals surface area (Å²) in [6.45, 7) is 9.93. The molecule has 0 aromatic carbocycles. The van der Waals surface area contributed by atoms with Gasteiger partial charge in [-0.1, -0.05) is 6.07 Å². The number of guanidine groups is 1. The van der Waals surface area contributed by atoms with Gasteiger partial charge in [-0.05, 0) is 45.7 Å². The third-order valence-corrected chi connectivity index (χ3v) is 6.85. The molecule has 142 valence electrons. The standard InChI is InChI=1S/C17H28N4O2S.HI/c1-5-18-16(19-9-8-15-7-6-14(2)20-12-15)21-10-11-24(22,23)17(3,4)13-21;/h6-7,12H,5,8-11,13H2,1-4H3,(H,18,19);1H. The zero-order valence-corrected chi connectivity index (χ0v) is 18.6. The average Bonchev–Trinajstić information content (AvgIpc) is 2.51. The molecule has 2 rings (SSSR count). The number of rotatable bonds is 4. The maximum atomic E-state index is 12.2. The van der Waals surface area contributed by atoms with E-state index in [1.54, 1.807) is 13.8 Å². The predicted molar refractivity (Wildman–Crippen MR) is 114 cm³/mol. The van der Waals surface area contributed by atoms with Crippen LogP contribution in [0.3, 0.4) is 0 Å². The first-order valence-corrected chi connectivity index (χ1v) is 10.1. The van der Waals surface area contributed by atoms with Gasteiger partial charge in [0.25, 0.3) is 0 Å². The van der Waals surface area contributed by atoms with E-state index in [9.17, 15) is 8.42 Å². The molecule has 1 fully saturated rings. The van der Waals surface area contributed by atoms with Gasteiger partial charge in [0, 0.05) is 38.1 Å². The molecule has 0 unspecified atom stereocenters.